The van der Waals surface area contributed by atoms with Gasteiger partial charge in [-0.05, 0) is 30.6 Å². The molecular weight excluding hydrogens is 256 g/mol. The van der Waals surface area contributed by atoms with Crippen LogP contribution in [0.25, 0.3) is 0 Å². The Kier molecular flexibility index (Phi) is 3.16. The van der Waals surface area contributed by atoms with Crippen molar-refractivity contribution >= 4 is 22.3 Å². The predicted octanol–water partition coefficient (Wildman–Crippen LogP) is 3.53. The van der Waals surface area contributed by atoms with Gasteiger partial charge in [-0.15, -0.1) is 0 Å². The van der Waals surface area contributed by atoms with E-state index in [-0.39, 0.29) is 5.41 Å². The van der Waals surface area contributed by atoms with E-state index in [2.05, 4.69) is 25.7 Å². The molecule has 0 radical (unpaired) electrons. The van der Waals surface area contributed by atoms with Gasteiger partial charge in [-0.1, -0.05) is 32.1 Å². The molecule has 1 saturated heterocycles. The third-order valence-electron chi connectivity index (χ3n) is 4.15. The fourth-order valence-electron chi connectivity index (χ4n) is 3.21. The number of carbonyl (C=O) groups excluding carboxylic acids is 1. The van der Waals surface area contributed by atoms with Crippen LogP contribution >= 0.6 is 11.3 Å². The van der Waals surface area contributed by atoms with Crippen LogP contribution < -0.4 is 4.90 Å². The Morgan fingerprint density at radius 3 is 2.89 bits per heavy atom. The second-order valence-electron chi connectivity index (χ2n) is 6.91. The van der Waals surface area contributed by atoms with E-state index in [9.17, 15) is 4.79 Å². The van der Waals surface area contributed by atoms with Gasteiger partial charge in [0.05, 0.1) is 10.6 Å². The summed E-state index contributed by atoms with van der Waals surface area (Å²) in [5.74, 6) is 1.03. The van der Waals surface area contributed by atoms with Gasteiger partial charge in [-0.3, -0.25) is 4.79 Å². The second-order valence-corrected chi connectivity index (χ2v) is 7.88. The van der Waals surface area contributed by atoms with Crippen LogP contribution in [-0.4, -0.2) is 23.9 Å². The first kappa shape index (κ1) is 13.1. The predicted molar refractivity (Wildman–Crippen MR) is 79.2 cm³/mol. The first-order chi connectivity index (χ1) is 8.94. The van der Waals surface area contributed by atoms with Crippen LogP contribution in [0.1, 0.15) is 55.4 Å². The summed E-state index contributed by atoms with van der Waals surface area (Å²) in [5, 5.41) is 1.07. The van der Waals surface area contributed by atoms with E-state index < -0.39 is 0 Å². The molecule has 0 bridgehead atoms. The van der Waals surface area contributed by atoms with E-state index in [1.54, 1.807) is 11.3 Å². The molecule has 1 aliphatic heterocycles. The Morgan fingerprint density at radius 2 is 2.16 bits per heavy atom. The molecule has 3 rings (SSSR count). The van der Waals surface area contributed by atoms with E-state index in [4.69, 9.17) is 4.98 Å². The zero-order valence-electron chi connectivity index (χ0n) is 12.0. The lowest BCUT2D eigenvalue weighted by Gasteiger charge is -2.30. The summed E-state index contributed by atoms with van der Waals surface area (Å²) in [6.45, 7) is 8.80. The molecule has 3 nitrogen and oxygen atoms in total. The molecule has 1 aromatic heterocycles. The monoisotopic (exact) mass is 278 g/mol. The Bertz CT molecular complexity index is 506. The number of aromatic nitrogens is 1. The third-order valence-corrected chi connectivity index (χ3v) is 5.35. The Labute approximate surface area is 119 Å². The quantitative estimate of drug-likeness (QED) is 0.788. The molecule has 2 aliphatic rings. The first-order valence-electron chi connectivity index (χ1n) is 7.22. The van der Waals surface area contributed by atoms with Gasteiger partial charge in [0.2, 0.25) is 0 Å². The van der Waals surface area contributed by atoms with Crippen LogP contribution in [0.2, 0.25) is 0 Å². The number of thiazole rings is 1. The molecule has 0 amide bonds. The van der Waals surface area contributed by atoms with Crippen LogP contribution in [0.4, 0.5) is 5.13 Å². The number of hydrogen-bond donors (Lipinski definition) is 0. The Hall–Kier alpha value is -0.900. The molecule has 0 spiro atoms. The number of Topliss-reactive ketones (excluding diaryl/α,β-unsaturated/α-hetero) is 1. The van der Waals surface area contributed by atoms with Crippen molar-refractivity contribution < 1.29 is 4.79 Å². The lowest BCUT2D eigenvalue weighted by Crippen LogP contribution is -2.34. The Balaban J connectivity index is 1.88. The Morgan fingerprint density at radius 1 is 1.37 bits per heavy atom. The zero-order chi connectivity index (χ0) is 13.6. The molecule has 0 N–H and O–H groups in total. The molecule has 1 unspecified atom stereocenters. The summed E-state index contributed by atoms with van der Waals surface area (Å²) in [7, 11) is 0. The van der Waals surface area contributed by atoms with Gasteiger partial charge < -0.3 is 4.90 Å². The normalized spacial score (nSPS) is 26.4. The fraction of sp³-hybridized carbons (Fsp3) is 0.733. The molecule has 0 aromatic carbocycles. The summed E-state index contributed by atoms with van der Waals surface area (Å²) in [6.07, 6.45) is 4.16. The molecule has 19 heavy (non-hydrogen) atoms. The molecule has 104 valence electrons. The van der Waals surface area contributed by atoms with Crippen molar-refractivity contribution in [2.24, 2.45) is 11.3 Å². The lowest BCUT2D eigenvalue weighted by atomic mass is 9.78. The fourth-order valence-corrected chi connectivity index (χ4v) is 4.26. The van der Waals surface area contributed by atoms with E-state index in [1.165, 1.54) is 12.8 Å². The van der Waals surface area contributed by atoms with Gasteiger partial charge in [-0.25, -0.2) is 4.98 Å². The topological polar surface area (TPSA) is 33.2 Å². The highest BCUT2D eigenvalue weighted by Crippen LogP contribution is 2.39. The van der Waals surface area contributed by atoms with E-state index in [0.717, 1.165) is 41.1 Å². The zero-order valence-corrected chi connectivity index (χ0v) is 12.8. The average molecular weight is 278 g/mol. The van der Waals surface area contributed by atoms with Crippen LogP contribution in [0, 0.1) is 11.3 Å². The maximum absolute atomic E-state index is 12.2. The van der Waals surface area contributed by atoms with Crippen molar-refractivity contribution in [3.63, 3.8) is 0 Å². The van der Waals surface area contributed by atoms with Crippen molar-refractivity contribution in [1.82, 2.24) is 4.98 Å². The van der Waals surface area contributed by atoms with Gasteiger partial charge in [0, 0.05) is 19.5 Å². The number of rotatable bonds is 1. The number of piperidine rings is 1. The highest BCUT2D eigenvalue weighted by atomic mass is 32.1. The van der Waals surface area contributed by atoms with Crippen molar-refractivity contribution in [2.45, 2.75) is 46.5 Å². The van der Waals surface area contributed by atoms with Gasteiger partial charge >= 0.3 is 0 Å². The largest absolute Gasteiger partial charge is 0.348 e. The van der Waals surface area contributed by atoms with Crippen LogP contribution in [0.3, 0.4) is 0 Å². The standard InChI is InChI=1S/C15H22N2OS/c1-10-5-4-6-17(9-10)14-16-11-7-15(2,3)8-12(18)13(11)19-14/h10H,4-9H2,1-3H3. The second kappa shape index (κ2) is 4.58. The first-order valence-corrected chi connectivity index (χ1v) is 8.04. The van der Waals surface area contributed by atoms with Crippen LogP contribution in [0.5, 0.6) is 0 Å². The van der Waals surface area contributed by atoms with E-state index in [0.29, 0.717) is 12.2 Å². The van der Waals surface area contributed by atoms with Gasteiger partial charge in [0.15, 0.2) is 10.9 Å². The number of nitrogens with zero attached hydrogens (tertiary/aromatic N) is 2. The van der Waals surface area contributed by atoms with Crippen molar-refractivity contribution in [3.05, 3.63) is 10.6 Å². The molecule has 1 atom stereocenters. The van der Waals surface area contributed by atoms with Gasteiger partial charge in [-0.2, -0.15) is 0 Å². The number of ketones is 1. The van der Waals surface area contributed by atoms with Gasteiger partial charge in [0.1, 0.15) is 0 Å². The highest BCUT2D eigenvalue weighted by Gasteiger charge is 2.34. The maximum Gasteiger partial charge on any atom is 0.186 e. The molecule has 2 heterocycles. The molecule has 1 aromatic rings. The van der Waals surface area contributed by atoms with Crippen molar-refractivity contribution in [2.75, 3.05) is 18.0 Å². The smallest absolute Gasteiger partial charge is 0.186 e. The summed E-state index contributed by atoms with van der Waals surface area (Å²) >= 11 is 1.62. The summed E-state index contributed by atoms with van der Waals surface area (Å²) in [4.78, 5) is 20.3. The SMILES string of the molecule is CC1CCCN(c2nc3c(s2)C(=O)CC(C)(C)C3)C1. The lowest BCUT2D eigenvalue weighted by molar-refractivity contribution is 0.0916. The average Bonchev–Trinajstić information content (AvgIpc) is 2.71. The van der Waals surface area contributed by atoms with Crippen molar-refractivity contribution in [3.8, 4) is 0 Å². The molecule has 4 heteroatoms. The molecular formula is C15H22N2OS. The van der Waals surface area contributed by atoms with E-state index >= 15 is 0 Å². The molecule has 1 fully saturated rings. The minimum atomic E-state index is 0.0740. The minimum absolute atomic E-state index is 0.0740. The van der Waals surface area contributed by atoms with E-state index in [1.807, 2.05) is 0 Å². The number of fused-ring (bicyclic) bond motifs is 1. The summed E-state index contributed by atoms with van der Waals surface area (Å²) < 4.78 is 0. The third kappa shape index (κ3) is 2.55. The number of carbonyl (C=O) groups is 1. The van der Waals surface area contributed by atoms with Gasteiger partial charge in [0.25, 0.3) is 0 Å². The highest BCUT2D eigenvalue weighted by molar-refractivity contribution is 7.17. The number of anilines is 1. The summed E-state index contributed by atoms with van der Waals surface area (Å²) in [6, 6.07) is 0. The van der Waals surface area contributed by atoms with Crippen LogP contribution in [-0.2, 0) is 6.42 Å². The van der Waals surface area contributed by atoms with Crippen molar-refractivity contribution in [1.29, 1.82) is 0 Å². The molecule has 0 saturated carbocycles. The minimum Gasteiger partial charge on any atom is -0.348 e. The summed E-state index contributed by atoms with van der Waals surface area (Å²) in [5.41, 5.74) is 1.12. The number of hydrogen-bond acceptors (Lipinski definition) is 4. The van der Waals surface area contributed by atoms with Crippen LogP contribution in [0.15, 0.2) is 0 Å². The maximum atomic E-state index is 12.2. The molecule has 1 aliphatic carbocycles.